The van der Waals surface area contributed by atoms with Crippen LogP contribution in [0.5, 0.6) is 0 Å². The summed E-state index contributed by atoms with van der Waals surface area (Å²) < 4.78 is 111. The van der Waals surface area contributed by atoms with E-state index in [0.29, 0.717) is 12.8 Å². The van der Waals surface area contributed by atoms with Crippen molar-refractivity contribution < 1.29 is 42.1 Å². The van der Waals surface area contributed by atoms with Crippen molar-refractivity contribution in [3.63, 3.8) is 0 Å². The molecule has 2 saturated carbocycles. The standard InChI is InChI=1S/C24H23F6IO4S/c1-21(2)17-11-12-22(21,20(32)13-17)14-36(33,34)35-31(18-7-3-15(4-8-18)23(25,26)27)19-9-5-16(6-10-19)24(28,29)30/h3-10,17H,11-14H2,1-2H3. The minimum absolute atomic E-state index is 0.0552. The molecule has 2 aliphatic rings. The summed E-state index contributed by atoms with van der Waals surface area (Å²) in [6.45, 7) is 3.71. The quantitative estimate of drug-likeness (QED) is 0.252. The van der Waals surface area contributed by atoms with E-state index in [1.807, 2.05) is 13.8 Å². The van der Waals surface area contributed by atoms with Crippen LogP contribution in [0.3, 0.4) is 0 Å². The fourth-order valence-electron chi connectivity index (χ4n) is 5.23. The van der Waals surface area contributed by atoms with Gasteiger partial charge in [-0.1, -0.05) is 0 Å². The zero-order valence-electron chi connectivity index (χ0n) is 19.2. The second-order valence-corrected chi connectivity index (χ2v) is 16.2. The predicted molar refractivity (Wildman–Crippen MR) is 128 cm³/mol. The number of carbonyl (C=O) groups excluding carboxylic acids is 1. The van der Waals surface area contributed by atoms with Crippen molar-refractivity contribution in [3.05, 3.63) is 66.8 Å². The van der Waals surface area contributed by atoms with Gasteiger partial charge in [0, 0.05) is 0 Å². The van der Waals surface area contributed by atoms with Crippen LogP contribution in [0.4, 0.5) is 26.3 Å². The Labute approximate surface area is 212 Å². The van der Waals surface area contributed by atoms with Crippen molar-refractivity contribution >= 4 is 36.1 Å². The van der Waals surface area contributed by atoms with Gasteiger partial charge in [-0.05, 0) is 0 Å². The van der Waals surface area contributed by atoms with E-state index in [9.17, 15) is 39.6 Å². The average molecular weight is 648 g/mol. The molecule has 0 spiro atoms. The SMILES string of the molecule is CC1(C)C2CCC1(CS(=O)(=O)OI(c1ccc(C(F)(F)F)cc1)c1ccc(C(F)(F)F)cc1)C(=O)C2. The number of carbonyl (C=O) groups is 1. The van der Waals surface area contributed by atoms with Crippen LogP contribution in [0.15, 0.2) is 48.5 Å². The molecule has 0 radical (unpaired) electrons. The molecule has 4 nitrogen and oxygen atoms in total. The van der Waals surface area contributed by atoms with Gasteiger partial charge in [-0.3, -0.25) is 0 Å². The molecule has 0 amide bonds. The molecule has 2 atom stereocenters. The van der Waals surface area contributed by atoms with E-state index >= 15 is 0 Å². The number of benzene rings is 2. The van der Waals surface area contributed by atoms with Gasteiger partial charge in [0.1, 0.15) is 0 Å². The zero-order valence-corrected chi connectivity index (χ0v) is 22.2. The van der Waals surface area contributed by atoms with Crippen LogP contribution in [0.1, 0.15) is 44.2 Å². The van der Waals surface area contributed by atoms with Gasteiger partial charge in [0.15, 0.2) is 0 Å². The van der Waals surface area contributed by atoms with Crippen LogP contribution in [-0.4, -0.2) is 20.0 Å². The van der Waals surface area contributed by atoms with Crippen molar-refractivity contribution in [2.45, 2.75) is 45.5 Å². The second kappa shape index (κ2) is 8.97. The fourth-order valence-corrected chi connectivity index (χ4v) is 12.9. The van der Waals surface area contributed by atoms with E-state index in [1.54, 1.807) is 0 Å². The molecule has 0 N–H and O–H groups in total. The molecule has 2 fully saturated rings. The first kappa shape index (κ1) is 27.4. The number of halogens is 7. The van der Waals surface area contributed by atoms with E-state index in [4.69, 9.17) is 2.51 Å². The summed E-state index contributed by atoms with van der Waals surface area (Å²) in [6.07, 6.45) is -7.87. The normalized spacial score (nSPS) is 24.3. The summed E-state index contributed by atoms with van der Waals surface area (Å²) >= 11 is -3.54. The molecule has 198 valence electrons. The maximum atomic E-state index is 13.3. The Morgan fingerprint density at radius 3 is 1.67 bits per heavy atom. The molecule has 0 aliphatic heterocycles. The first-order valence-electron chi connectivity index (χ1n) is 11.0. The Morgan fingerprint density at radius 1 is 0.889 bits per heavy atom. The van der Waals surface area contributed by atoms with E-state index in [0.717, 1.165) is 48.5 Å². The molecule has 0 saturated heterocycles. The van der Waals surface area contributed by atoms with Gasteiger partial charge in [0.2, 0.25) is 0 Å². The number of hydrogen-bond acceptors (Lipinski definition) is 4. The average Bonchev–Trinajstić information content (AvgIpc) is 3.11. The monoisotopic (exact) mass is 648 g/mol. The van der Waals surface area contributed by atoms with E-state index < -0.39 is 70.4 Å². The fraction of sp³-hybridized carbons (Fsp3) is 0.458. The Hall–Kier alpha value is -1.67. The summed E-state index contributed by atoms with van der Waals surface area (Å²) in [4.78, 5) is 12.8. The minimum atomic E-state index is -4.62. The van der Waals surface area contributed by atoms with Crippen LogP contribution < -0.4 is 0 Å². The van der Waals surface area contributed by atoms with Gasteiger partial charge in [0.05, 0.1) is 0 Å². The van der Waals surface area contributed by atoms with Gasteiger partial charge in [-0.2, -0.15) is 0 Å². The first-order chi connectivity index (χ1) is 16.5. The topological polar surface area (TPSA) is 60.4 Å². The Balaban J connectivity index is 1.70. The second-order valence-electron chi connectivity index (χ2n) is 9.69. The number of rotatable bonds is 6. The van der Waals surface area contributed by atoms with E-state index in [1.165, 1.54) is 0 Å². The number of ketones is 1. The summed E-state index contributed by atoms with van der Waals surface area (Å²) in [7, 11) is -4.38. The van der Waals surface area contributed by atoms with E-state index in [-0.39, 0.29) is 25.3 Å². The van der Waals surface area contributed by atoms with Crippen LogP contribution >= 0.6 is 20.2 Å². The number of fused-ring (bicyclic) bond motifs is 2. The van der Waals surface area contributed by atoms with Crippen molar-refractivity contribution in [1.29, 1.82) is 0 Å². The van der Waals surface area contributed by atoms with Crippen LogP contribution in [0, 0.1) is 23.9 Å². The van der Waals surface area contributed by atoms with Gasteiger partial charge in [-0.15, -0.1) is 0 Å². The molecule has 2 aromatic carbocycles. The van der Waals surface area contributed by atoms with Gasteiger partial charge in [0.25, 0.3) is 0 Å². The van der Waals surface area contributed by atoms with Gasteiger partial charge < -0.3 is 0 Å². The molecular weight excluding hydrogens is 625 g/mol. The third-order valence-electron chi connectivity index (χ3n) is 7.46. The molecule has 2 bridgehead atoms. The van der Waals surface area contributed by atoms with Crippen LogP contribution in [-0.2, 0) is 29.8 Å². The van der Waals surface area contributed by atoms with Crippen molar-refractivity contribution in [3.8, 4) is 0 Å². The van der Waals surface area contributed by atoms with E-state index in [2.05, 4.69) is 0 Å². The zero-order chi connectivity index (χ0) is 26.7. The summed E-state index contributed by atoms with van der Waals surface area (Å²) in [5, 5.41) is 0. The van der Waals surface area contributed by atoms with Crippen molar-refractivity contribution in [2.75, 3.05) is 5.75 Å². The van der Waals surface area contributed by atoms with Crippen molar-refractivity contribution in [2.24, 2.45) is 16.7 Å². The van der Waals surface area contributed by atoms with Gasteiger partial charge >= 0.3 is 213 Å². The number of hydrogen-bond donors (Lipinski definition) is 0. The first-order valence-corrected chi connectivity index (χ1v) is 15.6. The van der Waals surface area contributed by atoms with Crippen LogP contribution in [0.25, 0.3) is 0 Å². The van der Waals surface area contributed by atoms with Crippen molar-refractivity contribution in [1.82, 2.24) is 0 Å². The van der Waals surface area contributed by atoms with Gasteiger partial charge in [-0.25, -0.2) is 0 Å². The number of alkyl halides is 6. The molecule has 0 aromatic heterocycles. The summed E-state index contributed by atoms with van der Waals surface area (Å²) in [6, 6.07) is 7.50. The Kier molecular flexibility index (Phi) is 6.82. The molecule has 2 aromatic rings. The molecule has 36 heavy (non-hydrogen) atoms. The molecular formula is C24H23F6IO4S. The summed E-state index contributed by atoms with van der Waals surface area (Å²) in [5.74, 6) is -0.669. The molecule has 12 heteroatoms. The van der Waals surface area contributed by atoms with Crippen LogP contribution in [0.2, 0.25) is 0 Å². The summed E-state index contributed by atoms with van der Waals surface area (Å²) in [5.41, 5.74) is -3.60. The Bertz CT molecular complexity index is 1200. The molecule has 2 unspecified atom stereocenters. The maximum absolute atomic E-state index is 13.3. The molecule has 2 aliphatic carbocycles. The molecule has 0 heterocycles. The third kappa shape index (κ3) is 4.92. The Morgan fingerprint density at radius 2 is 1.33 bits per heavy atom. The predicted octanol–water partition coefficient (Wildman–Crippen LogP) is 6.93. The number of Topliss-reactive ketones (excluding diaryl/α,β-unsaturated/α-hetero) is 1. The molecule has 4 rings (SSSR count). The third-order valence-corrected chi connectivity index (χ3v) is 15.0.